The van der Waals surface area contributed by atoms with E-state index in [1.54, 1.807) is 0 Å². The summed E-state index contributed by atoms with van der Waals surface area (Å²) in [7, 11) is 0. The SMILES string of the molecule is CCNC1CCCCC1Sc1ccncc1. The number of aromatic nitrogens is 1. The highest BCUT2D eigenvalue weighted by atomic mass is 32.2. The molecule has 0 amide bonds. The van der Waals surface area contributed by atoms with Gasteiger partial charge < -0.3 is 5.32 Å². The number of nitrogens with one attached hydrogen (secondary N) is 1. The molecule has 2 atom stereocenters. The lowest BCUT2D eigenvalue weighted by Gasteiger charge is -2.31. The summed E-state index contributed by atoms with van der Waals surface area (Å²) in [6.45, 7) is 3.28. The van der Waals surface area contributed by atoms with Gasteiger partial charge in [0.25, 0.3) is 0 Å². The molecule has 1 heterocycles. The third-order valence-corrected chi connectivity index (χ3v) is 4.52. The number of thioether (sulfide) groups is 1. The fourth-order valence-electron chi connectivity index (χ4n) is 2.33. The summed E-state index contributed by atoms with van der Waals surface area (Å²) in [6.07, 6.45) is 9.19. The second-order valence-corrected chi connectivity index (χ2v) is 5.60. The summed E-state index contributed by atoms with van der Waals surface area (Å²) in [5.74, 6) is 0. The molecule has 2 rings (SSSR count). The Balaban J connectivity index is 1.96. The Morgan fingerprint density at radius 2 is 2.06 bits per heavy atom. The standard InChI is InChI=1S/C13H20N2S/c1-2-15-12-5-3-4-6-13(12)16-11-7-9-14-10-8-11/h7-10,12-13,15H,2-6H2,1H3. The summed E-state index contributed by atoms with van der Waals surface area (Å²) >= 11 is 2.01. The van der Waals surface area contributed by atoms with E-state index in [-0.39, 0.29) is 0 Å². The van der Waals surface area contributed by atoms with Crippen molar-refractivity contribution in [2.45, 2.75) is 48.8 Å². The average Bonchev–Trinajstić information content (AvgIpc) is 2.33. The van der Waals surface area contributed by atoms with Crippen LogP contribution < -0.4 is 5.32 Å². The van der Waals surface area contributed by atoms with Crippen molar-refractivity contribution in [1.82, 2.24) is 10.3 Å². The first-order valence-electron chi connectivity index (χ1n) is 6.20. The maximum atomic E-state index is 4.06. The van der Waals surface area contributed by atoms with Gasteiger partial charge in [0.1, 0.15) is 0 Å². The summed E-state index contributed by atoms with van der Waals surface area (Å²) in [5, 5.41) is 4.35. The Labute approximate surface area is 102 Å². The lowest BCUT2D eigenvalue weighted by Crippen LogP contribution is -2.40. The zero-order valence-electron chi connectivity index (χ0n) is 9.86. The quantitative estimate of drug-likeness (QED) is 0.869. The zero-order valence-corrected chi connectivity index (χ0v) is 10.7. The highest BCUT2D eigenvalue weighted by Crippen LogP contribution is 2.33. The fourth-order valence-corrected chi connectivity index (χ4v) is 3.63. The predicted octanol–water partition coefficient (Wildman–Crippen LogP) is 3.09. The molecule has 1 N–H and O–H groups in total. The number of hydrogen-bond donors (Lipinski definition) is 1. The van der Waals surface area contributed by atoms with Crippen molar-refractivity contribution in [2.24, 2.45) is 0 Å². The monoisotopic (exact) mass is 236 g/mol. The maximum Gasteiger partial charge on any atom is 0.0278 e. The van der Waals surface area contributed by atoms with Crippen LogP contribution in [0.25, 0.3) is 0 Å². The minimum absolute atomic E-state index is 0.692. The van der Waals surface area contributed by atoms with Crippen LogP contribution in [0, 0.1) is 0 Å². The molecule has 1 aromatic heterocycles. The Bertz CT molecular complexity index is 300. The third kappa shape index (κ3) is 3.22. The molecular formula is C13H20N2S. The van der Waals surface area contributed by atoms with Gasteiger partial charge in [0.15, 0.2) is 0 Å². The molecule has 2 nitrogen and oxygen atoms in total. The molecule has 0 spiro atoms. The van der Waals surface area contributed by atoms with E-state index in [2.05, 4.69) is 29.4 Å². The molecule has 1 saturated carbocycles. The van der Waals surface area contributed by atoms with Crippen molar-refractivity contribution in [2.75, 3.05) is 6.54 Å². The maximum absolute atomic E-state index is 4.06. The molecule has 0 radical (unpaired) electrons. The lowest BCUT2D eigenvalue weighted by molar-refractivity contribution is 0.391. The Hall–Kier alpha value is -0.540. The topological polar surface area (TPSA) is 24.9 Å². The molecule has 1 aromatic rings. The molecule has 0 saturated heterocycles. The van der Waals surface area contributed by atoms with Crippen LogP contribution >= 0.6 is 11.8 Å². The number of nitrogens with zero attached hydrogens (tertiary/aromatic N) is 1. The van der Waals surface area contributed by atoms with Crippen molar-refractivity contribution >= 4 is 11.8 Å². The lowest BCUT2D eigenvalue weighted by atomic mass is 9.95. The predicted molar refractivity (Wildman–Crippen MR) is 69.8 cm³/mol. The van der Waals surface area contributed by atoms with Crippen LogP contribution in [0.1, 0.15) is 32.6 Å². The van der Waals surface area contributed by atoms with Gasteiger partial charge in [-0.3, -0.25) is 4.98 Å². The summed E-state index contributed by atoms with van der Waals surface area (Å²) < 4.78 is 0. The smallest absolute Gasteiger partial charge is 0.0278 e. The largest absolute Gasteiger partial charge is 0.313 e. The van der Waals surface area contributed by atoms with Gasteiger partial charge in [-0.1, -0.05) is 19.8 Å². The number of pyridine rings is 1. The second-order valence-electron chi connectivity index (χ2n) is 4.29. The van der Waals surface area contributed by atoms with Gasteiger partial charge in [-0.2, -0.15) is 0 Å². The van der Waals surface area contributed by atoms with Crippen LogP contribution in [-0.4, -0.2) is 22.8 Å². The molecule has 2 unspecified atom stereocenters. The van der Waals surface area contributed by atoms with Crippen LogP contribution in [0.2, 0.25) is 0 Å². The van der Waals surface area contributed by atoms with Gasteiger partial charge in [0.2, 0.25) is 0 Å². The zero-order chi connectivity index (χ0) is 11.2. The van der Waals surface area contributed by atoms with Crippen LogP contribution in [-0.2, 0) is 0 Å². The highest BCUT2D eigenvalue weighted by Gasteiger charge is 2.24. The van der Waals surface area contributed by atoms with Crippen molar-refractivity contribution in [3.8, 4) is 0 Å². The van der Waals surface area contributed by atoms with Gasteiger partial charge in [0, 0.05) is 28.6 Å². The van der Waals surface area contributed by atoms with Gasteiger partial charge in [0.05, 0.1) is 0 Å². The van der Waals surface area contributed by atoms with Gasteiger partial charge in [-0.25, -0.2) is 0 Å². The van der Waals surface area contributed by atoms with Gasteiger partial charge >= 0.3 is 0 Å². The molecule has 0 aromatic carbocycles. The fraction of sp³-hybridized carbons (Fsp3) is 0.615. The van der Waals surface area contributed by atoms with Gasteiger partial charge in [-0.05, 0) is 31.5 Å². The minimum Gasteiger partial charge on any atom is -0.313 e. The summed E-state index contributed by atoms with van der Waals surface area (Å²) in [5.41, 5.74) is 0. The first kappa shape index (κ1) is 11.9. The Morgan fingerprint density at radius 1 is 1.31 bits per heavy atom. The minimum atomic E-state index is 0.692. The normalized spacial score (nSPS) is 25.6. The van der Waals surface area contributed by atoms with Gasteiger partial charge in [-0.15, -0.1) is 11.8 Å². The average molecular weight is 236 g/mol. The van der Waals surface area contributed by atoms with E-state index < -0.39 is 0 Å². The second kappa shape index (κ2) is 6.26. The molecule has 0 aliphatic heterocycles. The van der Waals surface area contributed by atoms with Crippen molar-refractivity contribution in [3.63, 3.8) is 0 Å². The van der Waals surface area contributed by atoms with Crippen molar-refractivity contribution in [1.29, 1.82) is 0 Å². The van der Waals surface area contributed by atoms with E-state index in [1.807, 2.05) is 24.2 Å². The van der Waals surface area contributed by atoms with Crippen LogP contribution in [0.4, 0.5) is 0 Å². The van der Waals surface area contributed by atoms with E-state index in [0.717, 1.165) is 11.8 Å². The van der Waals surface area contributed by atoms with Crippen molar-refractivity contribution < 1.29 is 0 Å². The number of rotatable bonds is 4. The summed E-state index contributed by atoms with van der Waals surface area (Å²) in [4.78, 5) is 5.42. The molecule has 0 bridgehead atoms. The molecule has 16 heavy (non-hydrogen) atoms. The van der Waals surface area contributed by atoms with Crippen LogP contribution in [0.5, 0.6) is 0 Å². The highest BCUT2D eigenvalue weighted by molar-refractivity contribution is 8.00. The van der Waals surface area contributed by atoms with E-state index in [4.69, 9.17) is 0 Å². The molecule has 1 fully saturated rings. The van der Waals surface area contributed by atoms with E-state index in [1.165, 1.54) is 30.6 Å². The molecular weight excluding hydrogens is 216 g/mol. The molecule has 1 aliphatic rings. The molecule has 88 valence electrons. The number of hydrogen-bond acceptors (Lipinski definition) is 3. The van der Waals surface area contributed by atoms with E-state index in [0.29, 0.717) is 6.04 Å². The Kier molecular flexibility index (Phi) is 4.67. The van der Waals surface area contributed by atoms with Crippen LogP contribution in [0.3, 0.4) is 0 Å². The summed E-state index contributed by atoms with van der Waals surface area (Å²) in [6, 6.07) is 4.92. The first-order chi connectivity index (χ1) is 7.90. The Morgan fingerprint density at radius 3 is 2.81 bits per heavy atom. The first-order valence-corrected chi connectivity index (χ1v) is 7.08. The molecule has 3 heteroatoms. The van der Waals surface area contributed by atoms with E-state index in [9.17, 15) is 0 Å². The van der Waals surface area contributed by atoms with Crippen LogP contribution in [0.15, 0.2) is 29.4 Å². The van der Waals surface area contributed by atoms with E-state index >= 15 is 0 Å². The molecule has 1 aliphatic carbocycles. The van der Waals surface area contributed by atoms with Crippen molar-refractivity contribution in [3.05, 3.63) is 24.5 Å². The third-order valence-electron chi connectivity index (χ3n) is 3.11.